The lowest BCUT2D eigenvalue weighted by molar-refractivity contribution is 1.07. The Balaban J connectivity index is 0.964. The van der Waals surface area contributed by atoms with Gasteiger partial charge in [-0.1, -0.05) is 146 Å². The number of hydrogen-bond acceptors (Lipinski definition) is 3. The molecule has 62 heavy (non-hydrogen) atoms. The van der Waals surface area contributed by atoms with Crippen molar-refractivity contribution < 1.29 is 0 Å². The van der Waals surface area contributed by atoms with Crippen molar-refractivity contribution in [2.75, 3.05) is 0 Å². The van der Waals surface area contributed by atoms with Crippen LogP contribution >= 0.6 is 0 Å². The topological polar surface area (TPSA) is 48.5 Å². The molecular formula is C57H37N5. The Bertz CT molecular complexity index is 3540. The van der Waals surface area contributed by atoms with Gasteiger partial charge in [-0.25, -0.2) is 15.0 Å². The molecule has 0 spiro atoms. The first kappa shape index (κ1) is 35.5. The molecule has 9 aromatic carbocycles. The van der Waals surface area contributed by atoms with Gasteiger partial charge in [-0.05, 0) is 101 Å². The van der Waals surface area contributed by atoms with E-state index in [4.69, 9.17) is 15.0 Å². The van der Waals surface area contributed by atoms with E-state index >= 15 is 0 Å². The van der Waals surface area contributed by atoms with Gasteiger partial charge in [0.05, 0.1) is 22.1 Å². The molecule has 12 rings (SSSR count). The summed E-state index contributed by atoms with van der Waals surface area (Å²) in [7, 11) is 0. The highest BCUT2D eigenvalue weighted by atomic mass is 15.0. The number of fused-ring (bicyclic) bond motifs is 6. The van der Waals surface area contributed by atoms with Gasteiger partial charge < -0.3 is 9.13 Å². The lowest BCUT2D eigenvalue weighted by atomic mass is 9.99. The molecule has 0 unspecified atom stereocenters. The Morgan fingerprint density at radius 2 is 0.548 bits per heavy atom. The van der Waals surface area contributed by atoms with Gasteiger partial charge in [-0.3, -0.25) is 0 Å². The summed E-state index contributed by atoms with van der Waals surface area (Å²) in [5.74, 6) is 1.93. The highest BCUT2D eigenvalue weighted by Crippen LogP contribution is 2.40. The molecular weight excluding hydrogens is 755 g/mol. The Morgan fingerprint density at radius 1 is 0.226 bits per heavy atom. The van der Waals surface area contributed by atoms with Gasteiger partial charge in [-0.15, -0.1) is 0 Å². The second-order valence-electron chi connectivity index (χ2n) is 15.7. The monoisotopic (exact) mass is 791 g/mol. The van der Waals surface area contributed by atoms with E-state index in [1.807, 2.05) is 60.7 Å². The van der Waals surface area contributed by atoms with Crippen LogP contribution in [0.3, 0.4) is 0 Å². The van der Waals surface area contributed by atoms with E-state index in [9.17, 15) is 0 Å². The first-order valence-electron chi connectivity index (χ1n) is 20.9. The maximum Gasteiger partial charge on any atom is 0.164 e. The van der Waals surface area contributed by atoms with Crippen molar-refractivity contribution in [2.45, 2.75) is 0 Å². The van der Waals surface area contributed by atoms with E-state index in [0.717, 1.165) is 39.1 Å². The van der Waals surface area contributed by atoms with Crippen LogP contribution in [0.25, 0.3) is 111 Å². The summed E-state index contributed by atoms with van der Waals surface area (Å²) >= 11 is 0. The summed E-state index contributed by atoms with van der Waals surface area (Å²) in [5, 5.41) is 4.88. The maximum absolute atomic E-state index is 4.97. The second-order valence-corrected chi connectivity index (χ2v) is 15.7. The molecule has 0 N–H and O–H groups in total. The number of aromatic nitrogens is 5. The summed E-state index contributed by atoms with van der Waals surface area (Å²) in [6, 6.07) is 79.5. The highest BCUT2D eigenvalue weighted by molar-refractivity contribution is 6.13. The van der Waals surface area contributed by atoms with Gasteiger partial charge in [0.25, 0.3) is 0 Å². The van der Waals surface area contributed by atoms with Crippen LogP contribution in [-0.4, -0.2) is 24.1 Å². The number of nitrogens with zero attached hydrogens (tertiary/aromatic N) is 5. The van der Waals surface area contributed by atoms with E-state index in [1.54, 1.807) is 0 Å². The van der Waals surface area contributed by atoms with Crippen molar-refractivity contribution in [3.05, 3.63) is 224 Å². The molecule has 290 valence electrons. The summed E-state index contributed by atoms with van der Waals surface area (Å²) in [6.07, 6.45) is 0. The van der Waals surface area contributed by atoms with Crippen LogP contribution in [0.2, 0.25) is 0 Å². The van der Waals surface area contributed by atoms with Crippen LogP contribution in [0.15, 0.2) is 224 Å². The fraction of sp³-hybridized carbons (Fsp3) is 0. The van der Waals surface area contributed by atoms with Crippen LogP contribution in [0.5, 0.6) is 0 Å². The quantitative estimate of drug-likeness (QED) is 0.162. The fourth-order valence-electron chi connectivity index (χ4n) is 9.00. The first-order chi connectivity index (χ1) is 30.7. The Hall–Kier alpha value is -8.41. The van der Waals surface area contributed by atoms with Gasteiger partial charge in [0.1, 0.15) is 0 Å². The zero-order chi connectivity index (χ0) is 41.0. The molecule has 3 heterocycles. The number of rotatable bonds is 7. The van der Waals surface area contributed by atoms with Gasteiger partial charge in [0.15, 0.2) is 17.5 Å². The molecule has 0 saturated carbocycles. The molecule has 0 saturated heterocycles. The average Bonchev–Trinajstić information content (AvgIpc) is 3.87. The predicted octanol–water partition coefficient (Wildman–Crippen LogP) is 14.4. The maximum atomic E-state index is 4.97. The third-order valence-corrected chi connectivity index (χ3v) is 12.0. The van der Waals surface area contributed by atoms with Crippen molar-refractivity contribution >= 4 is 43.6 Å². The molecule has 0 fully saturated rings. The van der Waals surface area contributed by atoms with E-state index in [-0.39, 0.29) is 0 Å². The normalized spacial score (nSPS) is 11.5. The average molecular weight is 792 g/mol. The summed E-state index contributed by atoms with van der Waals surface area (Å²) in [4.78, 5) is 14.8. The van der Waals surface area contributed by atoms with Gasteiger partial charge in [-0.2, -0.15) is 0 Å². The minimum Gasteiger partial charge on any atom is -0.309 e. The molecule has 0 aliphatic heterocycles. The zero-order valence-corrected chi connectivity index (χ0v) is 33.6. The fourth-order valence-corrected chi connectivity index (χ4v) is 9.00. The molecule has 0 bridgehead atoms. The van der Waals surface area contributed by atoms with Crippen LogP contribution in [0, 0.1) is 0 Å². The minimum absolute atomic E-state index is 0.635. The van der Waals surface area contributed by atoms with Crippen molar-refractivity contribution in [1.82, 2.24) is 24.1 Å². The number of hydrogen-bond donors (Lipinski definition) is 0. The van der Waals surface area contributed by atoms with Gasteiger partial charge in [0.2, 0.25) is 0 Å². The third-order valence-electron chi connectivity index (χ3n) is 12.0. The molecule has 0 radical (unpaired) electrons. The molecule has 0 aliphatic carbocycles. The smallest absolute Gasteiger partial charge is 0.164 e. The SMILES string of the molecule is c1ccc(-c2ccc3c(c2)c2cc(-c4ccc5c(c4)c4ccccc4n5-c4ccc(-c5nc(-c6ccccc6)nc(-c6ccccc6)n5)cc4)ccc2n3-c2ccccc2)cc1. The summed E-state index contributed by atoms with van der Waals surface area (Å²) in [6.45, 7) is 0. The largest absolute Gasteiger partial charge is 0.309 e. The molecule has 12 aromatic rings. The summed E-state index contributed by atoms with van der Waals surface area (Å²) in [5.41, 5.74) is 14.5. The van der Waals surface area contributed by atoms with Crippen molar-refractivity contribution in [2.24, 2.45) is 0 Å². The van der Waals surface area contributed by atoms with Crippen LogP contribution < -0.4 is 0 Å². The van der Waals surface area contributed by atoms with Crippen molar-refractivity contribution in [1.29, 1.82) is 0 Å². The molecule has 0 atom stereocenters. The molecule has 5 heteroatoms. The molecule has 0 amide bonds. The Morgan fingerprint density at radius 3 is 1.03 bits per heavy atom. The highest BCUT2D eigenvalue weighted by Gasteiger charge is 2.18. The van der Waals surface area contributed by atoms with Crippen molar-refractivity contribution in [3.63, 3.8) is 0 Å². The lowest BCUT2D eigenvalue weighted by Crippen LogP contribution is -2.00. The molecule has 3 aromatic heterocycles. The predicted molar refractivity (Wildman–Crippen MR) is 256 cm³/mol. The number of para-hydroxylation sites is 2. The van der Waals surface area contributed by atoms with Crippen LogP contribution in [0.4, 0.5) is 0 Å². The summed E-state index contributed by atoms with van der Waals surface area (Å²) < 4.78 is 4.74. The molecule has 0 aliphatic rings. The first-order valence-corrected chi connectivity index (χ1v) is 20.9. The minimum atomic E-state index is 0.635. The standard InChI is InChI=1S/C57H37N5/c1-5-15-38(16-6-1)42-27-32-53-49(35-42)50-37-44(29-34-54(50)61(53)45-21-11-4-12-22-45)43-28-33-52-48(36-43)47-23-13-14-24-51(47)62(52)46-30-25-41(26-31-46)57-59-55(39-17-7-2-8-18-39)58-56(60-57)40-19-9-3-10-20-40/h1-37H. The second kappa shape index (κ2) is 14.7. The van der Waals surface area contributed by atoms with E-state index in [2.05, 4.69) is 173 Å². The molecule has 5 nitrogen and oxygen atoms in total. The van der Waals surface area contributed by atoms with E-state index in [1.165, 1.54) is 54.8 Å². The zero-order valence-electron chi connectivity index (χ0n) is 33.6. The van der Waals surface area contributed by atoms with E-state index < -0.39 is 0 Å². The van der Waals surface area contributed by atoms with Gasteiger partial charge in [0, 0.05) is 49.6 Å². The Labute approximate surface area is 358 Å². The van der Waals surface area contributed by atoms with Crippen molar-refractivity contribution in [3.8, 4) is 67.8 Å². The lowest BCUT2D eigenvalue weighted by Gasteiger charge is -2.11. The van der Waals surface area contributed by atoms with E-state index in [0.29, 0.717) is 17.5 Å². The number of benzene rings is 9. The third kappa shape index (κ3) is 6.06. The van der Waals surface area contributed by atoms with Crippen LogP contribution in [-0.2, 0) is 0 Å². The Kier molecular flexibility index (Phi) is 8.42. The van der Waals surface area contributed by atoms with Gasteiger partial charge >= 0.3 is 0 Å². The van der Waals surface area contributed by atoms with Crippen LogP contribution in [0.1, 0.15) is 0 Å².